The van der Waals surface area contributed by atoms with Crippen LogP contribution in [0.4, 0.5) is 10.5 Å². The van der Waals surface area contributed by atoms with Gasteiger partial charge in [-0.2, -0.15) is 0 Å². The highest BCUT2D eigenvalue weighted by Gasteiger charge is 2.10. The van der Waals surface area contributed by atoms with Gasteiger partial charge in [-0.25, -0.2) is 4.79 Å². The fourth-order valence-electron chi connectivity index (χ4n) is 2.49. The summed E-state index contributed by atoms with van der Waals surface area (Å²) in [4.78, 5) is 12.1. The topological polar surface area (TPSA) is 41.1 Å². The van der Waals surface area contributed by atoms with Crippen LogP contribution in [0.1, 0.15) is 30.0 Å². The van der Waals surface area contributed by atoms with Crippen molar-refractivity contribution in [1.82, 2.24) is 5.32 Å². The molecule has 0 aromatic heterocycles. The van der Waals surface area contributed by atoms with Gasteiger partial charge in [0.2, 0.25) is 0 Å². The highest BCUT2D eigenvalue weighted by atomic mass is 16.2. The second kappa shape index (κ2) is 7.64. The molecule has 2 aromatic carbocycles. The zero-order chi connectivity index (χ0) is 15.9. The van der Waals surface area contributed by atoms with E-state index in [9.17, 15) is 4.79 Å². The molecule has 2 amide bonds. The fourth-order valence-corrected chi connectivity index (χ4v) is 2.49. The summed E-state index contributed by atoms with van der Waals surface area (Å²) in [6.45, 7) is 6.04. The third-order valence-electron chi connectivity index (χ3n) is 3.81. The van der Waals surface area contributed by atoms with Gasteiger partial charge in [-0.05, 0) is 50.3 Å². The number of carbonyl (C=O) groups excluding carboxylic acids is 1. The first-order chi connectivity index (χ1) is 10.6. The molecular weight excluding hydrogens is 272 g/mol. The minimum atomic E-state index is -0.141. The fraction of sp³-hybridized carbons (Fsp3) is 0.316. The van der Waals surface area contributed by atoms with Crippen molar-refractivity contribution >= 4 is 11.7 Å². The van der Waals surface area contributed by atoms with Crippen LogP contribution in [0, 0.1) is 13.8 Å². The maximum absolute atomic E-state index is 12.1. The molecule has 22 heavy (non-hydrogen) atoms. The van der Waals surface area contributed by atoms with Crippen molar-refractivity contribution < 1.29 is 4.79 Å². The Balaban J connectivity index is 1.84. The summed E-state index contributed by atoms with van der Waals surface area (Å²) in [7, 11) is 0. The van der Waals surface area contributed by atoms with Crippen LogP contribution < -0.4 is 10.6 Å². The molecule has 0 aliphatic heterocycles. The van der Waals surface area contributed by atoms with E-state index in [1.807, 2.05) is 57.2 Å². The van der Waals surface area contributed by atoms with Gasteiger partial charge in [0.15, 0.2) is 0 Å². The predicted molar refractivity (Wildman–Crippen MR) is 92.3 cm³/mol. The van der Waals surface area contributed by atoms with Gasteiger partial charge in [0.25, 0.3) is 0 Å². The van der Waals surface area contributed by atoms with Crippen molar-refractivity contribution in [2.45, 2.75) is 39.7 Å². The molecule has 3 nitrogen and oxygen atoms in total. The normalized spacial score (nSPS) is 11.8. The van der Waals surface area contributed by atoms with E-state index in [1.54, 1.807) is 0 Å². The Morgan fingerprint density at radius 3 is 2.27 bits per heavy atom. The molecule has 0 spiro atoms. The van der Waals surface area contributed by atoms with Crippen LogP contribution in [-0.4, -0.2) is 12.1 Å². The number of hydrogen-bond donors (Lipinski definition) is 2. The maximum atomic E-state index is 12.1. The number of para-hydroxylation sites is 1. The molecule has 2 N–H and O–H groups in total. The number of aryl methyl sites for hydroxylation is 3. The molecule has 0 saturated heterocycles. The number of nitrogens with one attached hydrogen (secondary N) is 2. The average Bonchev–Trinajstić information content (AvgIpc) is 2.50. The highest BCUT2D eigenvalue weighted by molar-refractivity contribution is 5.91. The van der Waals surface area contributed by atoms with Crippen molar-refractivity contribution in [3.8, 4) is 0 Å². The molecule has 1 atom stereocenters. The largest absolute Gasteiger partial charge is 0.335 e. The highest BCUT2D eigenvalue weighted by Crippen LogP contribution is 2.19. The average molecular weight is 296 g/mol. The first-order valence-corrected chi connectivity index (χ1v) is 7.74. The molecule has 1 unspecified atom stereocenters. The van der Waals surface area contributed by atoms with Crippen LogP contribution in [0.25, 0.3) is 0 Å². The van der Waals surface area contributed by atoms with Crippen molar-refractivity contribution in [3.05, 3.63) is 65.2 Å². The smallest absolute Gasteiger partial charge is 0.319 e. The summed E-state index contributed by atoms with van der Waals surface area (Å²) in [6.07, 6.45) is 1.88. The van der Waals surface area contributed by atoms with E-state index < -0.39 is 0 Å². The summed E-state index contributed by atoms with van der Waals surface area (Å²) in [5.41, 5.74) is 4.35. The molecule has 0 aliphatic rings. The summed E-state index contributed by atoms with van der Waals surface area (Å²) in [5.74, 6) is 0. The molecule has 3 heteroatoms. The summed E-state index contributed by atoms with van der Waals surface area (Å²) in [5, 5.41) is 5.96. The van der Waals surface area contributed by atoms with Crippen molar-refractivity contribution in [2.24, 2.45) is 0 Å². The van der Waals surface area contributed by atoms with E-state index in [-0.39, 0.29) is 12.1 Å². The first kappa shape index (κ1) is 16.1. The quantitative estimate of drug-likeness (QED) is 0.841. The van der Waals surface area contributed by atoms with Gasteiger partial charge in [0.1, 0.15) is 0 Å². The minimum Gasteiger partial charge on any atom is -0.335 e. The van der Waals surface area contributed by atoms with Gasteiger partial charge in [0, 0.05) is 11.7 Å². The molecule has 0 heterocycles. The number of anilines is 1. The SMILES string of the molecule is Cc1cccc(C)c1NC(=O)NC(C)CCc1ccccc1. The number of amides is 2. The predicted octanol–water partition coefficient (Wildman–Crippen LogP) is 4.45. The van der Waals surface area contributed by atoms with Crippen LogP contribution in [0.5, 0.6) is 0 Å². The lowest BCUT2D eigenvalue weighted by Gasteiger charge is -2.16. The zero-order valence-corrected chi connectivity index (χ0v) is 13.5. The van der Waals surface area contributed by atoms with Crippen LogP contribution in [0.3, 0.4) is 0 Å². The van der Waals surface area contributed by atoms with Gasteiger partial charge >= 0.3 is 6.03 Å². The van der Waals surface area contributed by atoms with Crippen molar-refractivity contribution in [1.29, 1.82) is 0 Å². The molecular formula is C19H24N2O. The Bertz CT molecular complexity index is 602. The molecule has 0 fully saturated rings. The van der Waals surface area contributed by atoms with E-state index in [2.05, 4.69) is 22.8 Å². The second-order valence-electron chi connectivity index (χ2n) is 5.79. The maximum Gasteiger partial charge on any atom is 0.319 e. The molecule has 0 saturated carbocycles. The Labute approximate surface area is 132 Å². The van der Waals surface area contributed by atoms with Crippen LogP contribution >= 0.6 is 0 Å². The molecule has 0 bridgehead atoms. The van der Waals surface area contributed by atoms with Gasteiger partial charge in [0.05, 0.1) is 0 Å². The zero-order valence-electron chi connectivity index (χ0n) is 13.5. The Hall–Kier alpha value is -2.29. The first-order valence-electron chi connectivity index (χ1n) is 7.74. The van der Waals surface area contributed by atoms with E-state index in [4.69, 9.17) is 0 Å². The number of rotatable bonds is 5. The van der Waals surface area contributed by atoms with E-state index in [0.29, 0.717) is 0 Å². The van der Waals surface area contributed by atoms with Crippen molar-refractivity contribution in [2.75, 3.05) is 5.32 Å². The summed E-state index contributed by atoms with van der Waals surface area (Å²) >= 11 is 0. The monoisotopic (exact) mass is 296 g/mol. The van der Waals surface area contributed by atoms with Crippen LogP contribution in [-0.2, 0) is 6.42 Å². The lowest BCUT2D eigenvalue weighted by molar-refractivity contribution is 0.248. The van der Waals surface area contributed by atoms with Gasteiger partial charge < -0.3 is 10.6 Å². The van der Waals surface area contributed by atoms with Gasteiger partial charge in [-0.1, -0.05) is 48.5 Å². The van der Waals surface area contributed by atoms with Gasteiger partial charge in [-0.15, -0.1) is 0 Å². The molecule has 116 valence electrons. The standard InChI is InChI=1S/C19H24N2O/c1-14-8-7-9-15(2)18(14)21-19(22)20-16(3)12-13-17-10-5-4-6-11-17/h4-11,16H,12-13H2,1-3H3,(H2,20,21,22). The number of benzene rings is 2. The van der Waals surface area contributed by atoms with E-state index in [0.717, 1.165) is 29.7 Å². The third-order valence-corrected chi connectivity index (χ3v) is 3.81. The molecule has 2 aromatic rings. The number of hydrogen-bond acceptors (Lipinski definition) is 1. The Morgan fingerprint density at radius 2 is 1.64 bits per heavy atom. The van der Waals surface area contributed by atoms with E-state index in [1.165, 1.54) is 5.56 Å². The van der Waals surface area contributed by atoms with Crippen LogP contribution in [0.2, 0.25) is 0 Å². The van der Waals surface area contributed by atoms with Gasteiger partial charge in [-0.3, -0.25) is 0 Å². The summed E-state index contributed by atoms with van der Waals surface area (Å²) < 4.78 is 0. The lowest BCUT2D eigenvalue weighted by Crippen LogP contribution is -2.36. The van der Waals surface area contributed by atoms with Crippen molar-refractivity contribution in [3.63, 3.8) is 0 Å². The molecule has 0 radical (unpaired) electrons. The van der Waals surface area contributed by atoms with Crippen LogP contribution in [0.15, 0.2) is 48.5 Å². The number of carbonyl (C=O) groups is 1. The Morgan fingerprint density at radius 1 is 1.00 bits per heavy atom. The lowest BCUT2D eigenvalue weighted by atomic mass is 10.1. The van der Waals surface area contributed by atoms with E-state index >= 15 is 0 Å². The molecule has 0 aliphatic carbocycles. The third kappa shape index (κ3) is 4.62. The minimum absolute atomic E-state index is 0.129. The molecule has 2 rings (SSSR count). The Kier molecular flexibility index (Phi) is 5.59. The number of urea groups is 1. The second-order valence-corrected chi connectivity index (χ2v) is 5.79. The summed E-state index contributed by atoms with van der Waals surface area (Å²) in [6, 6.07) is 16.3.